The smallest absolute Gasteiger partial charge is 0.211 e. The molecule has 0 radical (unpaired) electrons. The number of nitrogens with zero attached hydrogens (tertiary/aromatic N) is 1. The Balaban J connectivity index is 0.000000804. The van der Waals surface area contributed by atoms with Crippen molar-refractivity contribution in [2.24, 2.45) is 11.3 Å². The number of halogens is 4. The van der Waals surface area contributed by atoms with Crippen LogP contribution in [0.2, 0.25) is 5.02 Å². The summed E-state index contributed by atoms with van der Waals surface area (Å²) in [6.07, 6.45) is 8.41. The van der Waals surface area contributed by atoms with Crippen molar-refractivity contribution in [3.8, 4) is 0 Å². The normalized spacial score (nSPS) is 19.1. The van der Waals surface area contributed by atoms with Crippen LogP contribution in [0.25, 0.3) is 0 Å². The first-order chi connectivity index (χ1) is 20.9. The second-order valence-corrected chi connectivity index (χ2v) is 12.3. The van der Waals surface area contributed by atoms with Crippen molar-refractivity contribution in [1.82, 2.24) is 15.5 Å². The number of amides is 2. The Morgan fingerprint density at radius 2 is 1.75 bits per heavy atom. The van der Waals surface area contributed by atoms with Crippen molar-refractivity contribution >= 4 is 41.7 Å². The molecule has 2 aliphatic heterocycles. The van der Waals surface area contributed by atoms with E-state index in [1.165, 1.54) is 24.3 Å². The van der Waals surface area contributed by atoms with Gasteiger partial charge in [0, 0.05) is 44.3 Å². The number of ether oxygens (including phenoxy) is 1. The Bertz CT molecular complexity index is 1050. The van der Waals surface area contributed by atoms with Gasteiger partial charge in [0.05, 0.1) is 23.3 Å². The Morgan fingerprint density at radius 3 is 2.32 bits per heavy atom. The van der Waals surface area contributed by atoms with Gasteiger partial charge in [-0.15, -0.1) is 0 Å². The zero-order valence-corrected chi connectivity index (χ0v) is 28.8. The van der Waals surface area contributed by atoms with Crippen LogP contribution in [0.4, 0.5) is 14.5 Å². The largest absolute Gasteiger partial charge is 0.379 e. The van der Waals surface area contributed by atoms with Crippen LogP contribution in [0.3, 0.4) is 0 Å². The van der Waals surface area contributed by atoms with E-state index in [1.807, 2.05) is 13.8 Å². The van der Waals surface area contributed by atoms with Gasteiger partial charge in [-0.05, 0) is 61.1 Å². The maximum absolute atomic E-state index is 13.9. The second kappa shape index (κ2) is 24.0. The maximum Gasteiger partial charge on any atom is 0.211 e. The van der Waals surface area contributed by atoms with Crippen LogP contribution in [-0.2, 0) is 14.3 Å². The van der Waals surface area contributed by atoms with Crippen LogP contribution in [0.1, 0.15) is 66.4 Å². The summed E-state index contributed by atoms with van der Waals surface area (Å²) in [6.45, 7) is 21.3. The van der Waals surface area contributed by atoms with Crippen molar-refractivity contribution in [1.29, 1.82) is 0 Å². The fourth-order valence-electron chi connectivity index (χ4n) is 4.10. The van der Waals surface area contributed by atoms with E-state index in [4.69, 9.17) is 27.9 Å². The van der Waals surface area contributed by atoms with Crippen molar-refractivity contribution in [2.45, 2.75) is 60.8 Å². The molecule has 2 amide bonds. The van der Waals surface area contributed by atoms with Crippen molar-refractivity contribution in [3.05, 3.63) is 63.7 Å². The number of carbonyl (C=O) groups is 2. The molecule has 0 saturated carbocycles. The average Bonchev–Trinajstić information content (AvgIpc) is 3.45. The molecule has 2 heterocycles. The predicted octanol–water partition coefficient (Wildman–Crippen LogP) is 7.44. The molecule has 0 spiro atoms. The van der Waals surface area contributed by atoms with Gasteiger partial charge < -0.3 is 20.7 Å². The standard InChI is InChI=1S/C18H18Cl2F2N2O.C8H16N2O2.C5H12.C2H6/c1-2-3-16(21)14(19)5-4-11-8-23-9-13(11)12-6-17(22)15(20)7-18(12)24-10-25;11-8-9-2-1-3-10-4-6-12-7-5-10;1-5(2,3)4;1-2/h2-7,10-11,13,23H,8-9H2,1H3,(H,24,25);8H,1-7H2,(H,9,11);1-4H3;1-2H3/b3-2-,5-4+,16-14-;;;/t11-,13+;;;/m0.../s1. The lowest BCUT2D eigenvalue weighted by atomic mass is 9.87. The molecule has 0 bridgehead atoms. The first-order valence-electron chi connectivity index (χ1n) is 15.1. The van der Waals surface area contributed by atoms with E-state index >= 15 is 0 Å². The lowest BCUT2D eigenvalue weighted by molar-refractivity contribution is -0.109. The van der Waals surface area contributed by atoms with Gasteiger partial charge in [0.2, 0.25) is 12.8 Å². The lowest BCUT2D eigenvalue weighted by Crippen LogP contribution is -2.37. The molecule has 2 saturated heterocycles. The third kappa shape index (κ3) is 18.5. The van der Waals surface area contributed by atoms with Gasteiger partial charge >= 0.3 is 0 Å². The summed E-state index contributed by atoms with van der Waals surface area (Å²) in [4.78, 5) is 23.1. The van der Waals surface area contributed by atoms with Crippen molar-refractivity contribution in [2.75, 3.05) is 57.8 Å². The number of benzene rings is 1. The van der Waals surface area contributed by atoms with Gasteiger partial charge in [-0.2, -0.15) is 0 Å². The zero-order chi connectivity index (χ0) is 33.5. The van der Waals surface area contributed by atoms with Gasteiger partial charge in [0.1, 0.15) is 11.6 Å². The van der Waals surface area contributed by atoms with Gasteiger partial charge in [0.15, 0.2) is 0 Å². The molecule has 250 valence electrons. The van der Waals surface area contributed by atoms with E-state index in [-0.39, 0.29) is 21.9 Å². The summed E-state index contributed by atoms with van der Waals surface area (Å²) in [6, 6.07) is 2.71. The van der Waals surface area contributed by atoms with Crippen LogP contribution < -0.4 is 16.0 Å². The summed E-state index contributed by atoms with van der Waals surface area (Å²) in [5.74, 6) is -1.23. The highest BCUT2D eigenvalue weighted by molar-refractivity contribution is 6.31. The minimum absolute atomic E-state index is 0.00252. The first-order valence-corrected chi connectivity index (χ1v) is 15.9. The number of anilines is 1. The molecular weight excluding hydrogens is 609 g/mol. The van der Waals surface area contributed by atoms with E-state index < -0.39 is 11.6 Å². The topological polar surface area (TPSA) is 82.7 Å². The molecule has 2 aliphatic rings. The van der Waals surface area contributed by atoms with Gasteiger partial charge in [-0.3, -0.25) is 14.5 Å². The summed E-state index contributed by atoms with van der Waals surface area (Å²) >= 11 is 11.7. The van der Waals surface area contributed by atoms with E-state index in [2.05, 4.69) is 48.5 Å². The number of hydrogen-bond acceptors (Lipinski definition) is 5. The van der Waals surface area contributed by atoms with Crippen LogP contribution in [-0.4, -0.2) is 70.2 Å². The molecule has 1 aromatic rings. The van der Waals surface area contributed by atoms with E-state index in [0.29, 0.717) is 36.2 Å². The summed E-state index contributed by atoms with van der Waals surface area (Å²) < 4.78 is 32.8. The van der Waals surface area contributed by atoms with E-state index in [0.717, 1.165) is 52.2 Å². The summed E-state index contributed by atoms with van der Waals surface area (Å²) in [5.41, 5.74) is 1.58. The van der Waals surface area contributed by atoms with Gasteiger partial charge in [-0.25, -0.2) is 8.78 Å². The molecule has 0 aromatic heterocycles. The molecule has 44 heavy (non-hydrogen) atoms. The lowest BCUT2D eigenvalue weighted by Gasteiger charge is -2.26. The number of allylic oxidation sites excluding steroid dienone is 5. The minimum atomic E-state index is -0.556. The van der Waals surface area contributed by atoms with Crippen LogP contribution in [0.5, 0.6) is 0 Å². The van der Waals surface area contributed by atoms with E-state index in [1.54, 1.807) is 19.1 Å². The Kier molecular flexibility index (Phi) is 22.7. The fraction of sp³-hybridized carbons (Fsp3) is 0.576. The number of hydrogen-bond donors (Lipinski definition) is 3. The van der Waals surface area contributed by atoms with E-state index in [9.17, 15) is 18.4 Å². The van der Waals surface area contributed by atoms with Crippen LogP contribution in [0, 0.1) is 17.2 Å². The van der Waals surface area contributed by atoms with Gasteiger partial charge in [0.25, 0.3) is 0 Å². The molecule has 3 N–H and O–H groups in total. The third-order valence-corrected chi connectivity index (χ3v) is 6.58. The summed E-state index contributed by atoms with van der Waals surface area (Å²) in [7, 11) is 0. The Morgan fingerprint density at radius 1 is 1.11 bits per heavy atom. The second-order valence-electron chi connectivity index (χ2n) is 11.5. The molecule has 2 fully saturated rings. The monoisotopic (exact) mass is 660 g/mol. The van der Waals surface area contributed by atoms with Crippen LogP contribution in [0.15, 0.2) is 47.3 Å². The zero-order valence-electron chi connectivity index (χ0n) is 27.3. The van der Waals surface area contributed by atoms with Gasteiger partial charge in [-0.1, -0.05) is 76.9 Å². The molecule has 11 heteroatoms. The SMILES string of the molecule is CC.CC(C)(C)C.C\C=C/C(F)=C(Cl)\C=C\[C@H]1CNC[C@H]1c1cc(F)c(Cl)cc1NC=O.O=CNCCCN1CCOCC1. The molecule has 3 rings (SSSR count). The highest BCUT2D eigenvalue weighted by Crippen LogP contribution is 2.36. The molecule has 7 nitrogen and oxygen atoms in total. The first kappa shape index (κ1) is 41.7. The quantitative estimate of drug-likeness (QED) is 0.131. The molecule has 0 unspecified atom stereocenters. The number of morpholine rings is 1. The molecular formula is C33H52Cl2F2N4O3. The predicted molar refractivity (Wildman–Crippen MR) is 181 cm³/mol. The number of rotatable bonds is 11. The van der Waals surface area contributed by atoms with Crippen LogP contribution >= 0.6 is 23.2 Å². The minimum Gasteiger partial charge on any atom is -0.379 e. The molecule has 2 atom stereocenters. The summed E-state index contributed by atoms with van der Waals surface area (Å²) in [5, 5.41) is 8.35. The fourth-order valence-corrected chi connectivity index (χ4v) is 4.40. The van der Waals surface area contributed by atoms with Crippen molar-refractivity contribution < 1.29 is 23.1 Å². The Hall–Kier alpha value is -2.30. The number of carbonyl (C=O) groups excluding carboxylic acids is 2. The highest BCUT2D eigenvalue weighted by Gasteiger charge is 2.29. The van der Waals surface area contributed by atoms with Crippen molar-refractivity contribution in [3.63, 3.8) is 0 Å². The maximum atomic E-state index is 13.9. The number of nitrogens with one attached hydrogen (secondary N) is 3. The Labute approximate surface area is 273 Å². The third-order valence-electron chi connectivity index (χ3n) is 5.98. The highest BCUT2D eigenvalue weighted by atomic mass is 35.5. The molecule has 0 aliphatic carbocycles. The molecule has 1 aromatic carbocycles. The average molecular weight is 662 g/mol.